The van der Waals surface area contributed by atoms with Gasteiger partial charge in [-0.15, -0.1) is 0 Å². The largest absolute Gasteiger partial charge is 0.369 e. The van der Waals surface area contributed by atoms with Crippen LogP contribution in [0.4, 0.5) is 0 Å². The molecule has 1 saturated heterocycles. The van der Waals surface area contributed by atoms with Crippen molar-refractivity contribution in [2.45, 2.75) is 38.4 Å². The Bertz CT molecular complexity index is 611. The SMILES string of the molecule is CSCC[C@H](N)C(=O)NCc1cccc(CN2CCCC(C(N)=O)C2)c1. The quantitative estimate of drug-likeness (QED) is 0.597. The summed E-state index contributed by atoms with van der Waals surface area (Å²) in [4.78, 5) is 25.7. The van der Waals surface area contributed by atoms with Gasteiger partial charge in [0.05, 0.1) is 12.0 Å². The summed E-state index contributed by atoms with van der Waals surface area (Å²) in [6, 6.07) is 7.72. The number of carbonyl (C=O) groups is 2. The van der Waals surface area contributed by atoms with Crippen LogP contribution in [-0.2, 0) is 22.7 Å². The van der Waals surface area contributed by atoms with Crippen molar-refractivity contribution in [1.82, 2.24) is 10.2 Å². The van der Waals surface area contributed by atoms with Crippen molar-refractivity contribution in [3.05, 3.63) is 35.4 Å². The van der Waals surface area contributed by atoms with Crippen LogP contribution < -0.4 is 16.8 Å². The third-order valence-corrected chi connectivity index (χ3v) is 5.39. The summed E-state index contributed by atoms with van der Waals surface area (Å²) in [6.07, 6.45) is 4.57. The molecule has 1 fully saturated rings. The Morgan fingerprint density at radius 2 is 2.15 bits per heavy atom. The molecule has 2 rings (SSSR count). The Kier molecular flexibility index (Phi) is 8.41. The lowest BCUT2D eigenvalue weighted by Crippen LogP contribution is -2.41. The first kappa shape index (κ1) is 20.7. The lowest BCUT2D eigenvalue weighted by Gasteiger charge is -2.31. The topological polar surface area (TPSA) is 101 Å². The van der Waals surface area contributed by atoms with Crippen molar-refractivity contribution < 1.29 is 9.59 Å². The second-order valence-corrected chi connectivity index (χ2v) is 7.89. The molecule has 1 unspecified atom stereocenters. The van der Waals surface area contributed by atoms with E-state index in [-0.39, 0.29) is 17.7 Å². The number of piperidine rings is 1. The van der Waals surface area contributed by atoms with Crippen molar-refractivity contribution in [3.63, 3.8) is 0 Å². The predicted molar refractivity (Wildman–Crippen MR) is 106 cm³/mol. The van der Waals surface area contributed by atoms with Crippen LogP contribution in [0.15, 0.2) is 24.3 Å². The van der Waals surface area contributed by atoms with E-state index in [9.17, 15) is 9.59 Å². The number of hydrogen-bond acceptors (Lipinski definition) is 5. The van der Waals surface area contributed by atoms with E-state index in [2.05, 4.69) is 22.3 Å². The Hall–Kier alpha value is -1.57. The summed E-state index contributed by atoms with van der Waals surface area (Å²) in [5, 5.41) is 2.91. The Labute approximate surface area is 160 Å². The molecule has 1 aliphatic heterocycles. The number of likely N-dealkylation sites (tertiary alicyclic amines) is 1. The van der Waals surface area contributed by atoms with Gasteiger partial charge in [-0.2, -0.15) is 11.8 Å². The normalized spacial score (nSPS) is 19.1. The van der Waals surface area contributed by atoms with Gasteiger partial charge in [-0.3, -0.25) is 14.5 Å². The Morgan fingerprint density at radius 3 is 2.88 bits per heavy atom. The second-order valence-electron chi connectivity index (χ2n) is 6.90. The molecule has 1 aromatic rings. The molecule has 6 nitrogen and oxygen atoms in total. The zero-order valence-electron chi connectivity index (χ0n) is 15.4. The van der Waals surface area contributed by atoms with Gasteiger partial charge in [-0.05, 0) is 48.9 Å². The molecular weight excluding hydrogens is 348 g/mol. The van der Waals surface area contributed by atoms with Crippen molar-refractivity contribution in [2.75, 3.05) is 25.1 Å². The molecule has 26 heavy (non-hydrogen) atoms. The second kappa shape index (κ2) is 10.5. The summed E-state index contributed by atoms with van der Waals surface area (Å²) in [5.41, 5.74) is 13.6. The molecule has 0 aromatic heterocycles. The summed E-state index contributed by atoms with van der Waals surface area (Å²) >= 11 is 1.69. The highest BCUT2D eigenvalue weighted by molar-refractivity contribution is 7.98. The fourth-order valence-corrected chi connectivity index (χ4v) is 3.71. The third-order valence-electron chi connectivity index (χ3n) is 4.74. The highest BCUT2D eigenvalue weighted by Crippen LogP contribution is 2.18. The first-order valence-corrected chi connectivity index (χ1v) is 10.5. The van der Waals surface area contributed by atoms with E-state index in [1.807, 2.05) is 18.4 Å². The Balaban J connectivity index is 1.85. The number of benzene rings is 1. The van der Waals surface area contributed by atoms with E-state index >= 15 is 0 Å². The van der Waals surface area contributed by atoms with Gasteiger partial charge >= 0.3 is 0 Å². The molecule has 0 bridgehead atoms. The standard InChI is InChI=1S/C19H30N4O2S/c1-26-9-7-17(20)19(25)22-11-14-4-2-5-15(10-14)12-23-8-3-6-16(13-23)18(21)24/h2,4-5,10,16-17H,3,6-9,11-13,20H2,1H3,(H2,21,24)(H,22,25)/t16?,17-/m0/s1. The van der Waals surface area contributed by atoms with Crippen LogP contribution in [0.1, 0.15) is 30.4 Å². The van der Waals surface area contributed by atoms with E-state index in [4.69, 9.17) is 11.5 Å². The van der Waals surface area contributed by atoms with Crippen LogP contribution in [-0.4, -0.2) is 47.9 Å². The van der Waals surface area contributed by atoms with Gasteiger partial charge in [0.25, 0.3) is 0 Å². The number of nitrogens with one attached hydrogen (secondary N) is 1. The summed E-state index contributed by atoms with van der Waals surface area (Å²) < 4.78 is 0. The van der Waals surface area contributed by atoms with Gasteiger partial charge in [0.2, 0.25) is 11.8 Å². The number of amides is 2. The molecule has 2 atom stereocenters. The minimum absolute atomic E-state index is 0.0472. The third kappa shape index (κ3) is 6.63. The van der Waals surface area contributed by atoms with E-state index in [1.54, 1.807) is 11.8 Å². The molecule has 5 N–H and O–H groups in total. The average molecular weight is 379 g/mol. The number of thioether (sulfide) groups is 1. The smallest absolute Gasteiger partial charge is 0.237 e. The first-order valence-electron chi connectivity index (χ1n) is 9.11. The maximum Gasteiger partial charge on any atom is 0.237 e. The van der Waals surface area contributed by atoms with Crippen LogP contribution in [0.5, 0.6) is 0 Å². The first-order chi connectivity index (χ1) is 12.5. The van der Waals surface area contributed by atoms with Gasteiger partial charge in [0.15, 0.2) is 0 Å². The Morgan fingerprint density at radius 1 is 1.38 bits per heavy atom. The van der Waals surface area contributed by atoms with Gasteiger partial charge in [-0.1, -0.05) is 24.3 Å². The maximum absolute atomic E-state index is 12.0. The van der Waals surface area contributed by atoms with Gasteiger partial charge in [-0.25, -0.2) is 0 Å². The molecule has 0 radical (unpaired) electrons. The monoisotopic (exact) mass is 378 g/mol. The van der Waals surface area contributed by atoms with E-state index < -0.39 is 6.04 Å². The minimum atomic E-state index is -0.454. The number of carbonyl (C=O) groups excluding carboxylic acids is 2. The van der Waals surface area contributed by atoms with E-state index in [1.165, 1.54) is 5.56 Å². The molecule has 0 saturated carbocycles. The van der Waals surface area contributed by atoms with Crippen molar-refractivity contribution in [2.24, 2.45) is 17.4 Å². The molecule has 0 aliphatic carbocycles. The molecular formula is C19H30N4O2S. The van der Waals surface area contributed by atoms with Crippen LogP contribution in [0.2, 0.25) is 0 Å². The number of hydrogen-bond donors (Lipinski definition) is 3. The number of nitrogens with two attached hydrogens (primary N) is 2. The van der Waals surface area contributed by atoms with Crippen molar-refractivity contribution >= 4 is 23.6 Å². The van der Waals surface area contributed by atoms with Crippen LogP contribution >= 0.6 is 11.8 Å². The number of primary amides is 1. The zero-order chi connectivity index (χ0) is 18.9. The molecule has 1 heterocycles. The highest BCUT2D eigenvalue weighted by Gasteiger charge is 2.23. The van der Waals surface area contributed by atoms with E-state index in [0.717, 1.165) is 43.8 Å². The molecule has 0 spiro atoms. The predicted octanol–water partition coefficient (Wildman–Crippen LogP) is 1.08. The maximum atomic E-state index is 12.0. The molecule has 144 valence electrons. The fourth-order valence-electron chi connectivity index (χ4n) is 3.22. The molecule has 1 aromatic carbocycles. The van der Waals surface area contributed by atoms with Crippen LogP contribution in [0, 0.1) is 5.92 Å². The van der Waals surface area contributed by atoms with E-state index in [0.29, 0.717) is 13.0 Å². The number of rotatable bonds is 9. The van der Waals surface area contributed by atoms with Crippen molar-refractivity contribution in [3.8, 4) is 0 Å². The fraction of sp³-hybridized carbons (Fsp3) is 0.579. The summed E-state index contributed by atoms with van der Waals surface area (Å²) in [5.74, 6) is 0.523. The highest BCUT2D eigenvalue weighted by atomic mass is 32.2. The lowest BCUT2D eigenvalue weighted by atomic mass is 9.97. The summed E-state index contributed by atoms with van der Waals surface area (Å²) in [6.45, 7) is 2.97. The molecule has 1 aliphatic rings. The van der Waals surface area contributed by atoms with Crippen LogP contribution in [0.25, 0.3) is 0 Å². The summed E-state index contributed by atoms with van der Waals surface area (Å²) in [7, 11) is 0. The molecule has 7 heteroatoms. The number of nitrogens with zero attached hydrogens (tertiary/aromatic N) is 1. The van der Waals surface area contributed by atoms with Gasteiger partial charge in [0.1, 0.15) is 0 Å². The molecule has 2 amide bonds. The average Bonchev–Trinajstić information content (AvgIpc) is 2.64. The van der Waals surface area contributed by atoms with Gasteiger partial charge < -0.3 is 16.8 Å². The van der Waals surface area contributed by atoms with Gasteiger partial charge in [0, 0.05) is 19.6 Å². The lowest BCUT2D eigenvalue weighted by molar-refractivity contribution is -0.123. The zero-order valence-corrected chi connectivity index (χ0v) is 16.3. The van der Waals surface area contributed by atoms with Crippen LogP contribution in [0.3, 0.4) is 0 Å². The van der Waals surface area contributed by atoms with Crippen molar-refractivity contribution in [1.29, 1.82) is 0 Å². The minimum Gasteiger partial charge on any atom is -0.369 e.